The number of sulfonamides is 1. The number of thiocarbonyl (C=S) groups is 1. The number of rotatable bonds is 4. The van der Waals surface area contributed by atoms with Gasteiger partial charge in [-0.2, -0.15) is 13.5 Å². The summed E-state index contributed by atoms with van der Waals surface area (Å²) in [5, 5.41) is 6.06. The highest BCUT2D eigenvalue weighted by Crippen LogP contribution is 2.15. The van der Waals surface area contributed by atoms with Crippen LogP contribution in [0.1, 0.15) is 5.56 Å². The number of nitrogens with zero attached hydrogens (tertiary/aromatic N) is 2. The van der Waals surface area contributed by atoms with E-state index in [1.54, 1.807) is 0 Å². The fourth-order valence-electron chi connectivity index (χ4n) is 1.13. The molecule has 17 heavy (non-hydrogen) atoms. The van der Waals surface area contributed by atoms with Crippen LogP contribution in [0.4, 0.5) is 5.82 Å². The molecule has 0 fully saturated rings. The van der Waals surface area contributed by atoms with E-state index >= 15 is 0 Å². The highest BCUT2D eigenvalue weighted by atomic mass is 32.2. The van der Waals surface area contributed by atoms with Gasteiger partial charge in [0.25, 0.3) is 10.0 Å². The summed E-state index contributed by atoms with van der Waals surface area (Å²) in [6.07, 6.45) is 3.78. The molecule has 0 saturated heterocycles. The quantitative estimate of drug-likeness (QED) is 0.559. The fourth-order valence-corrected chi connectivity index (χ4v) is 2.23. The third-order valence-corrected chi connectivity index (χ3v) is 3.40. The summed E-state index contributed by atoms with van der Waals surface area (Å²) in [7, 11) is -3.75. The second kappa shape index (κ2) is 4.14. The predicted molar refractivity (Wildman–Crippen MR) is 63.9 cm³/mol. The molecule has 2 rings (SSSR count). The molecule has 5 N–H and O–H groups in total. The van der Waals surface area contributed by atoms with E-state index in [9.17, 15) is 8.42 Å². The second-order valence-corrected chi connectivity index (χ2v) is 5.13. The molecule has 2 heterocycles. The number of aromatic amines is 2. The van der Waals surface area contributed by atoms with E-state index in [-0.39, 0.29) is 15.8 Å². The average Bonchev–Trinajstić information content (AvgIpc) is 2.85. The monoisotopic (exact) mass is 272 g/mol. The lowest BCUT2D eigenvalue weighted by Crippen LogP contribution is -2.17. The summed E-state index contributed by atoms with van der Waals surface area (Å²) < 4.78 is 25.9. The van der Waals surface area contributed by atoms with Crippen molar-refractivity contribution in [2.75, 3.05) is 4.72 Å². The van der Waals surface area contributed by atoms with Crippen molar-refractivity contribution in [2.24, 2.45) is 5.73 Å². The maximum atomic E-state index is 11.8. The SMILES string of the molecule is NC(=S)c1cn[nH]c1NS(=O)(=O)c1cnc[nH]1. The summed E-state index contributed by atoms with van der Waals surface area (Å²) in [6.45, 7) is 0. The van der Waals surface area contributed by atoms with Crippen molar-refractivity contribution in [3.63, 3.8) is 0 Å². The Morgan fingerprint density at radius 2 is 2.24 bits per heavy atom. The first kappa shape index (κ1) is 11.5. The Bertz CT molecular complexity index is 629. The molecule has 0 saturated carbocycles. The minimum absolute atomic E-state index is 0.0426. The Kier molecular flexibility index (Phi) is 2.81. The molecule has 0 aromatic carbocycles. The molecule has 0 aliphatic rings. The van der Waals surface area contributed by atoms with Crippen LogP contribution < -0.4 is 10.5 Å². The minimum atomic E-state index is -3.75. The van der Waals surface area contributed by atoms with Crippen molar-refractivity contribution in [2.45, 2.75) is 5.03 Å². The van der Waals surface area contributed by atoms with Crippen LogP contribution in [0.2, 0.25) is 0 Å². The molecule has 90 valence electrons. The highest BCUT2D eigenvalue weighted by molar-refractivity contribution is 7.92. The van der Waals surface area contributed by atoms with E-state index in [0.29, 0.717) is 5.56 Å². The largest absolute Gasteiger partial charge is 0.389 e. The molecule has 2 aromatic heterocycles. The number of anilines is 1. The van der Waals surface area contributed by atoms with Crippen LogP contribution in [-0.2, 0) is 10.0 Å². The normalized spacial score (nSPS) is 11.3. The van der Waals surface area contributed by atoms with Gasteiger partial charge < -0.3 is 10.7 Å². The number of nitrogens with two attached hydrogens (primary N) is 1. The van der Waals surface area contributed by atoms with E-state index < -0.39 is 10.0 Å². The molecule has 10 heteroatoms. The lowest BCUT2D eigenvalue weighted by atomic mass is 10.3. The van der Waals surface area contributed by atoms with Crippen molar-refractivity contribution in [3.8, 4) is 0 Å². The Hall–Kier alpha value is -1.94. The maximum absolute atomic E-state index is 11.8. The number of imidazole rings is 1. The van der Waals surface area contributed by atoms with E-state index in [4.69, 9.17) is 18.0 Å². The Morgan fingerprint density at radius 1 is 1.47 bits per heavy atom. The third-order valence-electron chi connectivity index (χ3n) is 1.90. The van der Waals surface area contributed by atoms with Crippen molar-refractivity contribution >= 4 is 33.0 Å². The highest BCUT2D eigenvalue weighted by Gasteiger charge is 2.19. The molecule has 0 radical (unpaired) electrons. The Morgan fingerprint density at radius 3 is 2.82 bits per heavy atom. The van der Waals surface area contributed by atoms with Gasteiger partial charge in [-0.1, -0.05) is 12.2 Å². The van der Waals surface area contributed by atoms with Gasteiger partial charge in [-0.25, -0.2) is 4.98 Å². The smallest absolute Gasteiger partial charge is 0.280 e. The number of hydrogen-bond donors (Lipinski definition) is 4. The van der Waals surface area contributed by atoms with E-state index in [2.05, 4.69) is 24.9 Å². The lowest BCUT2D eigenvalue weighted by molar-refractivity contribution is 0.598. The fraction of sp³-hybridized carbons (Fsp3) is 0. The second-order valence-electron chi connectivity index (χ2n) is 3.04. The first-order valence-corrected chi connectivity index (χ1v) is 6.24. The van der Waals surface area contributed by atoms with Crippen molar-refractivity contribution in [3.05, 3.63) is 24.3 Å². The van der Waals surface area contributed by atoms with Crippen molar-refractivity contribution in [1.82, 2.24) is 20.2 Å². The first-order chi connectivity index (χ1) is 8.00. The molecule has 0 amide bonds. The molecule has 0 spiro atoms. The number of nitrogens with one attached hydrogen (secondary N) is 3. The van der Waals surface area contributed by atoms with Gasteiger partial charge >= 0.3 is 0 Å². The molecule has 0 aliphatic heterocycles. The molecule has 0 bridgehead atoms. The number of H-pyrrole nitrogens is 2. The summed E-state index contributed by atoms with van der Waals surface area (Å²) >= 11 is 4.76. The average molecular weight is 272 g/mol. The summed E-state index contributed by atoms with van der Waals surface area (Å²) in [6, 6.07) is 0. The van der Waals surface area contributed by atoms with E-state index in [1.165, 1.54) is 18.7 Å². The number of aromatic nitrogens is 4. The van der Waals surface area contributed by atoms with Gasteiger partial charge in [0, 0.05) is 0 Å². The van der Waals surface area contributed by atoms with E-state index in [1.807, 2.05) is 0 Å². The Balaban J connectivity index is 2.33. The van der Waals surface area contributed by atoms with Crippen LogP contribution >= 0.6 is 12.2 Å². The topological polar surface area (TPSA) is 130 Å². The number of hydrogen-bond acceptors (Lipinski definition) is 5. The van der Waals surface area contributed by atoms with Gasteiger partial charge in [-0.05, 0) is 0 Å². The van der Waals surface area contributed by atoms with Gasteiger partial charge in [-0.3, -0.25) is 9.82 Å². The molecule has 0 aliphatic carbocycles. The summed E-state index contributed by atoms with van der Waals surface area (Å²) in [5.74, 6) is 0.118. The first-order valence-electron chi connectivity index (χ1n) is 4.35. The van der Waals surface area contributed by atoms with Gasteiger partial charge in [0.05, 0.1) is 24.3 Å². The molecule has 2 aromatic rings. The molecule has 8 nitrogen and oxygen atoms in total. The Labute approximate surface area is 102 Å². The molecule has 0 unspecified atom stereocenters. The van der Waals surface area contributed by atoms with Gasteiger partial charge in [-0.15, -0.1) is 0 Å². The molecular weight excluding hydrogens is 264 g/mol. The van der Waals surface area contributed by atoms with Crippen LogP contribution in [0.25, 0.3) is 0 Å². The predicted octanol–water partition coefficient (Wildman–Crippen LogP) is -0.432. The lowest BCUT2D eigenvalue weighted by Gasteiger charge is -2.05. The van der Waals surface area contributed by atoms with Gasteiger partial charge in [0.1, 0.15) is 10.8 Å². The standard InChI is InChI=1S/C7H8N6O2S2/c8-6(16)4-1-11-12-7(4)13-17(14,15)5-2-9-3-10-5/h1-3H,(H2,8,16)(H,9,10)(H2,11,12,13). The summed E-state index contributed by atoms with van der Waals surface area (Å²) in [4.78, 5) is 6.15. The van der Waals surface area contributed by atoms with Crippen LogP contribution in [0.5, 0.6) is 0 Å². The van der Waals surface area contributed by atoms with E-state index in [0.717, 1.165) is 0 Å². The zero-order valence-electron chi connectivity index (χ0n) is 8.34. The van der Waals surface area contributed by atoms with Crippen molar-refractivity contribution < 1.29 is 8.42 Å². The van der Waals surface area contributed by atoms with Crippen molar-refractivity contribution in [1.29, 1.82) is 0 Å². The summed E-state index contributed by atoms with van der Waals surface area (Å²) in [5.41, 5.74) is 5.74. The molecule has 0 atom stereocenters. The maximum Gasteiger partial charge on any atom is 0.280 e. The third kappa shape index (κ3) is 2.26. The zero-order valence-corrected chi connectivity index (χ0v) is 9.97. The van der Waals surface area contributed by atoms with Crippen LogP contribution in [0.3, 0.4) is 0 Å². The van der Waals surface area contributed by atoms with Crippen LogP contribution in [-0.4, -0.2) is 33.6 Å². The van der Waals surface area contributed by atoms with Crippen LogP contribution in [0, 0.1) is 0 Å². The van der Waals surface area contributed by atoms with Gasteiger partial charge in [0.2, 0.25) is 0 Å². The zero-order chi connectivity index (χ0) is 12.5. The minimum Gasteiger partial charge on any atom is -0.389 e. The molecular formula is C7H8N6O2S2. The van der Waals surface area contributed by atoms with Gasteiger partial charge in [0.15, 0.2) is 5.03 Å². The van der Waals surface area contributed by atoms with Crippen LogP contribution in [0.15, 0.2) is 23.7 Å².